The molecule has 3 heteroatoms. The van der Waals surface area contributed by atoms with E-state index in [2.05, 4.69) is 19.2 Å². The first-order valence-corrected chi connectivity index (χ1v) is 6.73. The van der Waals surface area contributed by atoms with Crippen LogP contribution in [0.1, 0.15) is 25.3 Å². The van der Waals surface area contributed by atoms with Crippen LogP contribution in [0.15, 0.2) is 54.6 Å². The van der Waals surface area contributed by atoms with Crippen LogP contribution < -0.4 is 10.1 Å². The van der Waals surface area contributed by atoms with Crippen molar-refractivity contribution >= 4 is 11.6 Å². The predicted molar refractivity (Wildman–Crippen MR) is 81.1 cm³/mol. The maximum atomic E-state index is 11.7. The van der Waals surface area contributed by atoms with Crippen molar-refractivity contribution in [2.75, 3.05) is 11.9 Å². The normalized spacial score (nSPS) is 10.3. The van der Waals surface area contributed by atoms with E-state index in [0.717, 1.165) is 5.69 Å². The van der Waals surface area contributed by atoms with Gasteiger partial charge in [-0.05, 0) is 35.7 Å². The standard InChI is InChI=1S/C17H19NO2/c1-13(2)14-8-10-16(11-9-14)20-12-17(19)18-15-6-4-3-5-7-15/h3-11,13H,12H2,1-2H3,(H,18,19). The Morgan fingerprint density at radius 2 is 1.70 bits per heavy atom. The van der Waals surface area contributed by atoms with Gasteiger partial charge in [0, 0.05) is 5.69 Å². The Hall–Kier alpha value is -2.29. The summed E-state index contributed by atoms with van der Waals surface area (Å²) in [6, 6.07) is 17.2. The molecule has 1 amide bonds. The molecule has 104 valence electrons. The Balaban J connectivity index is 1.84. The zero-order valence-electron chi connectivity index (χ0n) is 11.8. The van der Waals surface area contributed by atoms with Gasteiger partial charge in [-0.1, -0.05) is 44.2 Å². The second-order valence-corrected chi connectivity index (χ2v) is 4.93. The SMILES string of the molecule is CC(C)c1ccc(OCC(=O)Nc2ccccc2)cc1. The Morgan fingerprint density at radius 1 is 1.05 bits per heavy atom. The van der Waals surface area contributed by atoms with E-state index in [-0.39, 0.29) is 12.5 Å². The van der Waals surface area contributed by atoms with Crippen LogP contribution in [-0.4, -0.2) is 12.5 Å². The summed E-state index contributed by atoms with van der Waals surface area (Å²) in [7, 11) is 0. The highest BCUT2D eigenvalue weighted by atomic mass is 16.5. The van der Waals surface area contributed by atoms with Crippen LogP contribution in [0.5, 0.6) is 5.75 Å². The van der Waals surface area contributed by atoms with Gasteiger partial charge in [0.25, 0.3) is 5.91 Å². The van der Waals surface area contributed by atoms with Crippen molar-refractivity contribution in [3.05, 3.63) is 60.2 Å². The lowest BCUT2D eigenvalue weighted by Crippen LogP contribution is -2.20. The monoisotopic (exact) mass is 269 g/mol. The minimum atomic E-state index is -0.163. The van der Waals surface area contributed by atoms with Crippen molar-refractivity contribution < 1.29 is 9.53 Å². The lowest BCUT2D eigenvalue weighted by Gasteiger charge is -2.09. The molecule has 0 aliphatic heterocycles. The number of para-hydroxylation sites is 1. The molecular weight excluding hydrogens is 250 g/mol. The van der Waals surface area contributed by atoms with E-state index >= 15 is 0 Å². The number of nitrogens with one attached hydrogen (secondary N) is 1. The van der Waals surface area contributed by atoms with Crippen LogP contribution in [0.3, 0.4) is 0 Å². The summed E-state index contributed by atoms with van der Waals surface area (Å²) in [5, 5.41) is 2.78. The highest BCUT2D eigenvalue weighted by Crippen LogP contribution is 2.18. The highest BCUT2D eigenvalue weighted by Gasteiger charge is 2.04. The van der Waals surface area contributed by atoms with E-state index in [0.29, 0.717) is 11.7 Å². The number of rotatable bonds is 5. The van der Waals surface area contributed by atoms with Gasteiger partial charge in [-0.15, -0.1) is 0 Å². The molecule has 0 heterocycles. The molecular formula is C17H19NO2. The third kappa shape index (κ3) is 4.12. The Kier molecular flexibility index (Phi) is 4.77. The van der Waals surface area contributed by atoms with E-state index in [1.807, 2.05) is 54.6 Å². The van der Waals surface area contributed by atoms with Crippen LogP contribution in [0.4, 0.5) is 5.69 Å². The fourth-order valence-electron chi connectivity index (χ4n) is 1.82. The molecule has 0 fully saturated rings. The van der Waals surface area contributed by atoms with Crippen LogP contribution in [-0.2, 0) is 4.79 Å². The minimum Gasteiger partial charge on any atom is -0.484 e. The van der Waals surface area contributed by atoms with Crippen LogP contribution in [0.2, 0.25) is 0 Å². The van der Waals surface area contributed by atoms with Gasteiger partial charge in [-0.3, -0.25) is 4.79 Å². The quantitative estimate of drug-likeness (QED) is 0.896. The predicted octanol–water partition coefficient (Wildman–Crippen LogP) is 3.83. The number of anilines is 1. The van der Waals surface area contributed by atoms with Crippen molar-refractivity contribution in [3.63, 3.8) is 0 Å². The molecule has 0 bridgehead atoms. The van der Waals surface area contributed by atoms with Crippen molar-refractivity contribution in [1.82, 2.24) is 0 Å². The maximum absolute atomic E-state index is 11.7. The van der Waals surface area contributed by atoms with Crippen LogP contribution in [0, 0.1) is 0 Å². The zero-order chi connectivity index (χ0) is 14.4. The van der Waals surface area contributed by atoms with E-state index in [1.165, 1.54) is 5.56 Å². The van der Waals surface area contributed by atoms with E-state index < -0.39 is 0 Å². The summed E-state index contributed by atoms with van der Waals surface area (Å²) in [6.45, 7) is 4.29. The van der Waals surface area contributed by atoms with Crippen molar-refractivity contribution in [1.29, 1.82) is 0 Å². The average molecular weight is 269 g/mol. The van der Waals surface area contributed by atoms with Gasteiger partial charge < -0.3 is 10.1 Å². The fraction of sp³-hybridized carbons (Fsp3) is 0.235. The maximum Gasteiger partial charge on any atom is 0.262 e. The van der Waals surface area contributed by atoms with Crippen molar-refractivity contribution in [2.24, 2.45) is 0 Å². The summed E-state index contributed by atoms with van der Waals surface area (Å²) in [4.78, 5) is 11.7. The smallest absolute Gasteiger partial charge is 0.262 e. The van der Waals surface area contributed by atoms with Gasteiger partial charge in [0.15, 0.2) is 6.61 Å². The minimum absolute atomic E-state index is 0.00984. The molecule has 0 atom stereocenters. The number of carbonyl (C=O) groups is 1. The first-order valence-electron chi connectivity index (χ1n) is 6.73. The fourth-order valence-corrected chi connectivity index (χ4v) is 1.82. The van der Waals surface area contributed by atoms with Crippen LogP contribution >= 0.6 is 0 Å². The molecule has 2 rings (SSSR count). The van der Waals surface area contributed by atoms with Crippen LogP contribution in [0.25, 0.3) is 0 Å². The molecule has 0 radical (unpaired) electrons. The number of amides is 1. The highest BCUT2D eigenvalue weighted by molar-refractivity contribution is 5.91. The third-order valence-electron chi connectivity index (χ3n) is 2.97. The molecule has 0 aliphatic rings. The van der Waals surface area contributed by atoms with Gasteiger partial charge in [0.05, 0.1) is 0 Å². The summed E-state index contributed by atoms with van der Waals surface area (Å²) in [6.07, 6.45) is 0. The van der Waals surface area contributed by atoms with Gasteiger partial charge in [0.2, 0.25) is 0 Å². The Labute approximate surface area is 119 Å². The lowest BCUT2D eigenvalue weighted by atomic mass is 10.0. The second kappa shape index (κ2) is 6.75. The molecule has 0 saturated carbocycles. The van der Waals surface area contributed by atoms with E-state index in [1.54, 1.807) is 0 Å². The average Bonchev–Trinajstić information content (AvgIpc) is 2.46. The summed E-state index contributed by atoms with van der Waals surface area (Å²) < 4.78 is 5.46. The molecule has 3 nitrogen and oxygen atoms in total. The second-order valence-electron chi connectivity index (χ2n) is 4.93. The van der Waals surface area contributed by atoms with Gasteiger partial charge >= 0.3 is 0 Å². The molecule has 2 aromatic rings. The molecule has 0 spiro atoms. The largest absolute Gasteiger partial charge is 0.484 e. The van der Waals surface area contributed by atoms with E-state index in [9.17, 15) is 4.79 Å². The van der Waals surface area contributed by atoms with Gasteiger partial charge in [0.1, 0.15) is 5.75 Å². The van der Waals surface area contributed by atoms with Crippen molar-refractivity contribution in [2.45, 2.75) is 19.8 Å². The molecule has 0 saturated heterocycles. The Bertz CT molecular complexity index is 547. The number of benzene rings is 2. The summed E-state index contributed by atoms with van der Waals surface area (Å²) in [5.74, 6) is 1.03. The van der Waals surface area contributed by atoms with Gasteiger partial charge in [-0.25, -0.2) is 0 Å². The first kappa shape index (κ1) is 14.1. The van der Waals surface area contributed by atoms with Crippen molar-refractivity contribution in [3.8, 4) is 5.75 Å². The Morgan fingerprint density at radius 3 is 2.30 bits per heavy atom. The molecule has 0 aromatic heterocycles. The molecule has 0 unspecified atom stereocenters. The molecule has 0 aliphatic carbocycles. The molecule has 20 heavy (non-hydrogen) atoms. The summed E-state index contributed by atoms with van der Waals surface area (Å²) in [5.41, 5.74) is 2.03. The molecule has 2 aromatic carbocycles. The molecule has 1 N–H and O–H groups in total. The zero-order valence-corrected chi connectivity index (χ0v) is 11.8. The number of carbonyl (C=O) groups excluding carboxylic acids is 1. The first-order chi connectivity index (χ1) is 9.65. The number of hydrogen-bond acceptors (Lipinski definition) is 2. The third-order valence-corrected chi connectivity index (χ3v) is 2.97. The van der Waals surface area contributed by atoms with E-state index in [4.69, 9.17) is 4.74 Å². The van der Waals surface area contributed by atoms with Gasteiger partial charge in [-0.2, -0.15) is 0 Å². The lowest BCUT2D eigenvalue weighted by molar-refractivity contribution is -0.118. The summed E-state index contributed by atoms with van der Waals surface area (Å²) >= 11 is 0. The topological polar surface area (TPSA) is 38.3 Å². The number of hydrogen-bond donors (Lipinski definition) is 1. The number of ether oxygens (including phenoxy) is 1.